The molecule has 0 saturated carbocycles. The van der Waals surface area contributed by atoms with E-state index in [1.165, 1.54) is 30.6 Å². The standard InChI is InChI=1S/C33H50N4O8S/c1-22(2)34-33(40)35-26-11-16-30-29(18-26)32(39)37(24(4)21-38)19-23(3)31(44-17-9-8-10-25(5)45-30)20-36(6)46(41,42)28-14-12-27(43-7)13-15-28/h11-16,18,22-25,31,38H,8-10,17,19-21H2,1-7H3,(H2,34,35,40)/t23-,24-,25+,31+/m0/s1. The molecule has 256 valence electrons. The molecule has 3 rings (SSSR count). The number of benzene rings is 2. The smallest absolute Gasteiger partial charge is 0.319 e. The van der Waals surface area contributed by atoms with Crippen LogP contribution >= 0.6 is 0 Å². The molecule has 2 aromatic carbocycles. The number of hydrogen-bond donors (Lipinski definition) is 3. The molecular formula is C33H50N4O8S. The predicted molar refractivity (Wildman–Crippen MR) is 177 cm³/mol. The fourth-order valence-electron chi connectivity index (χ4n) is 5.17. The van der Waals surface area contributed by atoms with Crippen LogP contribution in [0, 0.1) is 5.92 Å². The third-order valence-electron chi connectivity index (χ3n) is 7.93. The number of urea groups is 1. The highest BCUT2D eigenvalue weighted by molar-refractivity contribution is 7.89. The van der Waals surface area contributed by atoms with Crippen LogP contribution in [0.3, 0.4) is 0 Å². The molecular weight excluding hydrogens is 612 g/mol. The van der Waals surface area contributed by atoms with Crippen molar-refractivity contribution in [1.29, 1.82) is 0 Å². The number of nitrogens with one attached hydrogen (secondary N) is 2. The van der Waals surface area contributed by atoms with E-state index in [-0.39, 0.29) is 48.2 Å². The number of anilines is 1. The van der Waals surface area contributed by atoms with Gasteiger partial charge in [0.1, 0.15) is 11.5 Å². The normalized spacial score (nSPS) is 20.8. The minimum absolute atomic E-state index is 0.0558. The van der Waals surface area contributed by atoms with Crippen LogP contribution in [0.1, 0.15) is 64.2 Å². The molecule has 1 heterocycles. The quantitative estimate of drug-likeness (QED) is 0.360. The van der Waals surface area contributed by atoms with E-state index in [1.54, 1.807) is 42.2 Å². The fourth-order valence-corrected chi connectivity index (χ4v) is 6.35. The molecule has 4 atom stereocenters. The lowest BCUT2D eigenvalue weighted by molar-refractivity contribution is -0.00834. The first kappa shape index (κ1) is 37.1. The number of amides is 3. The van der Waals surface area contributed by atoms with Crippen LogP contribution in [-0.4, -0.2) is 99.4 Å². The summed E-state index contributed by atoms with van der Waals surface area (Å²) in [5.74, 6) is 0.218. The highest BCUT2D eigenvalue weighted by atomic mass is 32.2. The first-order chi connectivity index (χ1) is 21.8. The lowest BCUT2D eigenvalue weighted by Crippen LogP contribution is -2.48. The van der Waals surface area contributed by atoms with Crippen LogP contribution in [0.4, 0.5) is 10.5 Å². The average Bonchev–Trinajstić information content (AvgIpc) is 3.01. The summed E-state index contributed by atoms with van der Waals surface area (Å²) in [5.41, 5.74) is 0.661. The molecule has 3 amide bonds. The molecule has 1 aliphatic rings. The Hall–Kier alpha value is -3.39. The second-order valence-corrected chi connectivity index (χ2v) is 14.3. The molecule has 0 radical (unpaired) electrons. The zero-order chi connectivity index (χ0) is 34.0. The minimum atomic E-state index is -3.84. The van der Waals surface area contributed by atoms with Gasteiger partial charge in [0, 0.05) is 44.4 Å². The number of aliphatic hydroxyl groups is 1. The van der Waals surface area contributed by atoms with Gasteiger partial charge in [-0.2, -0.15) is 4.31 Å². The first-order valence-corrected chi connectivity index (χ1v) is 17.2. The molecule has 0 aliphatic carbocycles. The number of carbonyl (C=O) groups excluding carboxylic acids is 2. The molecule has 0 fully saturated rings. The van der Waals surface area contributed by atoms with Crippen molar-refractivity contribution in [3.63, 3.8) is 0 Å². The SMILES string of the molecule is COc1ccc(S(=O)(=O)N(C)C[C@H]2OCCCC[C@@H](C)Oc3ccc(NC(=O)NC(C)C)cc3C(=O)N([C@@H](C)CO)C[C@@H]2C)cc1. The van der Waals surface area contributed by atoms with E-state index in [1.807, 2.05) is 27.7 Å². The summed E-state index contributed by atoms with van der Waals surface area (Å²) in [6.07, 6.45) is 1.48. The Balaban J connectivity index is 1.95. The summed E-state index contributed by atoms with van der Waals surface area (Å²) < 4.78 is 45.9. The highest BCUT2D eigenvalue weighted by Crippen LogP contribution is 2.29. The van der Waals surface area contributed by atoms with Crippen molar-refractivity contribution >= 4 is 27.6 Å². The topological polar surface area (TPSA) is 147 Å². The van der Waals surface area contributed by atoms with E-state index in [2.05, 4.69) is 10.6 Å². The third-order valence-corrected chi connectivity index (χ3v) is 9.77. The molecule has 12 nitrogen and oxygen atoms in total. The second-order valence-electron chi connectivity index (χ2n) is 12.2. The summed E-state index contributed by atoms with van der Waals surface area (Å²) in [5, 5.41) is 15.7. The van der Waals surface area contributed by atoms with Gasteiger partial charge in [0.25, 0.3) is 5.91 Å². The van der Waals surface area contributed by atoms with Crippen molar-refractivity contribution in [2.45, 2.75) is 83.1 Å². The van der Waals surface area contributed by atoms with E-state index >= 15 is 0 Å². The molecule has 3 N–H and O–H groups in total. The number of carbonyl (C=O) groups is 2. The number of aliphatic hydroxyl groups excluding tert-OH is 1. The van der Waals surface area contributed by atoms with E-state index in [4.69, 9.17) is 14.2 Å². The first-order valence-electron chi connectivity index (χ1n) is 15.8. The fraction of sp³-hybridized carbons (Fsp3) is 0.576. The average molecular weight is 663 g/mol. The molecule has 0 unspecified atom stereocenters. The van der Waals surface area contributed by atoms with Crippen LogP contribution in [-0.2, 0) is 14.8 Å². The van der Waals surface area contributed by atoms with Crippen molar-refractivity contribution in [1.82, 2.24) is 14.5 Å². The second kappa shape index (κ2) is 17.0. The van der Waals surface area contributed by atoms with Gasteiger partial charge >= 0.3 is 6.03 Å². The van der Waals surface area contributed by atoms with Gasteiger partial charge in [-0.15, -0.1) is 0 Å². The molecule has 1 aliphatic heterocycles. The van der Waals surface area contributed by atoms with Crippen LogP contribution in [0.2, 0.25) is 0 Å². The van der Waals surface area contributed by atoms with Gasteiger partial charge in [0.05, 0.1) is 42.4 Å². The Bertz CT molecular complexity index is 1400. The van der Waals surface area contributed by atoms with Crippen molar-refractivity contribution in [3.8, 4) is 11.5 Å². The molecule has 0 saturated heterocycles. The minimum Gasteiger partial charge on any atom is -0.497 e. The van der Waals surface area contributed by atoms with Gasteiger partial charge in [0.2, 0.25) is 10.0 Å². The Morgan fingerprint density at radius 2 is 1.83 bits per heavy atom. The van der Waals surface area contributed by atoms with Gasteiger partial charge in [-0.25, -0.2) is 13.2 Å². The number of ether oxygens (including phenoxy) is 3. The summed E-state index contributed by atoms with van der Waals surface area (Å²) in [4.78, 5) is 28.4. The van der Waals surface area contributed by atoms with Crippen molar-refractivity contribution in [2.75, 3.05) is 45.8 Å². The predicted octanol–water partition coefficient (Wildman–Crippen LogP) is 4.34. The van der Waals surface area contributed by atoms with Crippen LogP contribution in [0.15, 0.2) is 47.4 Å². The van der Waals surface area contributed by atoms with Crippen molar-refractivity contribution in [3.05, 3.63) is 48.0 Å². The lowest BCUT2D eigenvalue weighted by atomic mass is 10.0. The summed E-state index contributed by atoms with van der Waals surface area (Å²) in [6, 6.07) is 10.1. The maximum atomic E-state index is 14.2. The third kappa shape index (κ3) is 10.1. The number of rotatable bonds is 9. The van der Waals surface area contributed by atoms with Crippen molar-refractivity contribution < 1.29 is 37.3 Å². The van der Waals surface area contributed by atoms with Crippen LogP contribution in [0.5, 0.6) is 11.5 Å². The molecule has 0 bridgehead atoms. The van der Waals surface area contributed by atoms with Gasteiger partial charge in [-0.05, 0) is 89.4 Å². The number of fused-ring (bicyclic) bond motifs is 1. The Kier molecular flexibility index (Phi) is 13.7. The van der Waals surface area contributed by atoms with Gasteiger partial charge in [-0.1, -0.05) is 6.92 Å². The van der Waals surface area contributed by atoms with Crippen molar-refractivity contribution in [2.24, 2.45) is 5.92 Å². The van der Waals surface area contributed by atoms with E-state index in [0.717, 1.165) is 12.8 Å². The van der Waals surface area contributed by atoms with Crippen LogP contribution in [0.25, 0.3) is 0 Å². The zero-order valence-electron chi connectivity index (χ0n) is 28.0. The maximum Gasteiger partial charge on any atom is 0.319 e. The van der Waals surface area contributed by atoms with Gasteiger partial charge in [-0.3, -0.25) is 4.79 Å². The molecule has 13 heteroatoms. The van der Waals surface area contributed by atoms with Gasteiger partial charge < -0.3 is 34.9 Å². The molecule has 2 aromatic rings. The number of methoxy groups -OCH3 is 1. The Morgan fingerprint density at radius 3 is 2.46 bits per heavy atom. The molecule has 46 heavy (non-hydrogen) atoms. The summed E-state index contributed by atoms with van der Waals surface area (Å²) in [7, 11) is -0.813. The molecule has 0 spiro atoms. The number of likely N-dealkylation sites (N-methyl/N-ethyl adjacent to an activating group) is 1. The van der Waals surface area contributed by atoms with E-state index in [0.29, 0.717) is 30.2 Å². The van der Waals surface area contributed by atoms with E-state index < -0.39 is 34.1 Å². The van der Waals surface area contributed by atoms with Crippen LogP contribution < -0.4 is 20.1 Å². The Morgan fingerprint density at radius 1 is 1.13 bits per heavy atom. The zero-order valence-corrected chi connectivity index (χ0v) is 28.8. The van der Waals surface area contributed by atoms with Gasteiger partial charge in [0.15, 0.2) is 0 Å². The highest BCUT2D eigenvalue weighted by Gasteiger charge is 2.32. The maximum absolute atomic E-state index is 14.2. The summed E-state index contributed by atoms with van der Waals surface area (Å²) >= 11 is 0. The number of hydrogen-bond acceptors (Lipinski definition) is 8. The Labute approximate surface area is 273 Å². The monoisotopic (exact) mass is 662 g/mol. The molecule has 0 aromatic heterocycles. The lowest BCUT2D eigenvalue weighted by Gasteiger charge is -2.35. The van der Waals surface area contributed by atoms with E-state index in [9.17, 15) is 23.1 Å². The number of nitrogens with zero attached hydrogens (tertiary/aromatic N) is 2. The largest absolute Gasteiger partial charge is 0.497 e. The number of sulfonamides is 1. The summed E-state index contributed by atoms with van der Waals surface area (Å²) in [6.45, 7) is 9.61.